The summed E-state index contributed by atoms with van der Waals surface area (Å²) >= 11 is 0. The van der Waals surface area contributed by atoms with Crippen molar-refractivity contribution in [3.63, 3.8) is 0 Å². The molecular weight excluding hydrogens is 482 g/mol. The van der Waals surface area contributed by atoms with E-state index in [-0.39, 0.29) is 45.3 Å². The Morgan fingerprint density at radius 3 is 2.06 bits per heavy atom. The first-order valence-electron chi connectivity index (χ1n) is 14.0. The molecule has 0 aromatic heterocycles. The van der Waals surface area contributed by atoms with Gasteiger partial charge in [0.05, 0.1) is 23.7 Å². The topological polar surface area (TPSA) is 68.6 Å². The van der Waals surface area contributed by atoms with Crippen molar-refractivity contribution in [1.29, 1.82) is 5.26 Å². The van der Waals surface area contributed by atoms with Crippen molar-refractivity contribution in [2.75, 3.05) is 6.61 Å². The van der Waals surface area contributed by atoms with Gasteiger partial charge in [0.15, 0.2) is 22.4 Å². The molecule has 0 N–H and O–H groups in total. The summed E-state index contributed by atoms with van der Waals surface area (Å²) in [5.41, 5.74) is -2.48. The smallest absolute Gasteiger partial charge is 0.192 e. The van der Waals surface area contributed by atoms with Gasteiger partial charge in [-0.15, -0.1) is 0 Å². The van der Waals surface area contributed by atoms with Gasteiger partial charge in [-0.05, 0) is 60.9 Å². The predicted octanol–water partition coefficient (Wildman–Crippen LogP) is 7.09. The number of fused-ring (bicyclic) bond motifs is 3. The summed E-state index contributed by atoms with van der Waals surface area (Å²) in [6, 6.07) is 2.60. The molecule has 4 rings (SSSR count). The fourth-order valence-corrected chi connectivity index (χ4v) is 9.91. The summed E-state index contributed by atoms with van der Waals surface area (Å²) in [5, 5.41) is 10.6. The lowest BCUT2D eigenvalue weighted by atomic mass is 9.56. The largest absolute Gasteiger partial charge is 0.416 e. The van der Waals surface area contributed by atoms with Crippen LogP contribution in [0.3, 0.4) is 0 Å². The van der Waals surface area contributed by atoms with Gasteiger partial charge in [-0.3, -0.25) is 4.79 Å². The Labute approximate surface area is 222 Å². The number of nitrogens with zero attached hydrogens (tertiary/aromatic N) is 1. The molecule has 2 saturated carbocycles. The third kappa shape index (κ3) is 3.36. The third-order valence-corrected chi connectivity index (χ3v) is 21.0. The molecule has 4 aliphatic rings. The van der Waals surface area contributed by atoms with Crippen LogP contribution in [0, 0.1) is 39.4 Å². The van der Waals surface area contributed by atoms with Crippen LogP contribution in [0.4, 0.5) is 0 Å². The van der Waals surface area contributed by atoms with Gasteiger partial charge in [-0.1, -0.05) is 62.3 Å². The molecule has 4 fully saturated rings. The molecule has 7 heteroatoms. The summed E-state index contributed by atoms with van der Waals surface area (Å²) in [4.78, 5) is 14.6. The zero-order valence-corrected chi connectivity index (χ0v) is 27.2. The van der Waals surface area contributed by atoms with Gasteiger partial charge in [0.25, 0.3) is 0 Å². The normalized spacial score (nSPS) is 41.9. The molecule has 5 nitrogen and oxygen atoms in total. The number of nitriles is 1. The van der Waals surface area contributed by atoms with Crippen LogP contribution in [0.15, 0.2) is 0 Å². The molecule has 0 aromatic carbocycles. The second kappa shape index (κ2) is 7.78. The van der Waals surface area contributed by atoms with Crippen LogP contribution in [0.1, 0.15) is 81.6 Å². The molecular formula is C29H51NO4Si2. The molecule has 2 heterocycles. The van der Waals surface area contributed by atoms with E-state index < -0.39 is 33.1 Å². The van der Waals surface area contributed by atoms with Crippen LogP contribution in [0.2, 0.25) is 36.3 Å². The average Bonchev–Trinajstić information content (AvgIpc) is 3.07. The number of carbonyl (C=O) groups is 1. The van der Waals surface area contributed by atoms with Gasteiger partial charge in [0.2, 0.25) is 0 Å². The van der Waals surface area contributed by atoms with Crippen LogP contribution in [-0.2, 0) is 18.4 Å². The van der Waals surface area contributed by atoms with E-state index in [1.54, 1.807) is 0 Å². The molecule has 2 saturated heterocycles. The van der Waals surface area contributed by atoms with E-state index in [1.807, 2.05) is 0 Å². The highest BCUT2D eigenvalue weighted by molar-refractivity contribution is 6.74. The number of ether oxygens (including phenoxy) is 1. The Bertz CT molecular complexity index is 987. The van der Waals surface area contributed by atoms with Crippen molar-refractivity contribution in [1.82, 2.24) is 0 Å². The van der Waals surface area contributed by atoms with E-state index in [0.717, 1.165) is 12.8 Å². The molecule has 0 amide bonds. The fourth-order valence-electron chi connectivity index (χ4n) is 7.41. The standard InChI is InChI=1S/C29H51NO4Si2/c1-24(2,3)35(10,11)32-17-19-14-15-20(34-36(12,13)25(4,5)6)27(9)16-21-28(18-30)22(26(28,7)8)23(31)29(19,27)33-21/h19-22H,14-17H2,1-13H3/t19-,20+,21-,22-,27-,28-,29-/m1/s1. The van der Waals surface area contributed by atoms with Crippen molar-refractivity contribution in [3.8, 4) is 6.07 Å². The second-order valence-electron chi connectivity index (χ2n) is 16.2. The van der Waals surface area contributed by atoms with Gasteiger partial charge in [0.1, 0.15) is 5.60 Å². The molecule has 0 unspecified atom stereocenters. The number of rotatable bonds is 5. The van der Waals surface area contributed by atoms with E-state index in [4.69, 9.17) is 13.6 Å². The molecule has 1 spiro atoms. The maximum absolute atomic E-state index is 14.6. The summed E-state index contributed by atoms with van der Waals surface area (Å²) in [7, 11) is -4.09. The summed E-state index contributed by atoms with van der Waals surface area (Å²) < 4.78 is 20.9. The maximum atomic E-state index is 14.6. The first kappa shape index (κ1) is 28.5. The van der Waals surface area contributed by atoms with Crippen molar-refractivity contribution in [3.05, 3.63) is 0 Å². The molecule has 2 aliphatic carbocycles. The lowest BCUT2D eigenvalue weighted by Gasteiger charge is -2.56. The van der Waals surface area contributed by atoms with E-state index in [1.165, 1.54) is 0 Å². The van der Waals surface area contributed by atoms with Crippen LogP contribution in [-0.4, -0.2) is 46.8 Å². The van der Waals surface area contributed by atoms with Crippen molar-refractivity contribution < 1.29 is 18.4 Å². The average molecular weight is 534 g/mol. The Morgan fingerprint density at radius 2 is 1.56 bits per heavy atom. The maximum Gasteiger partial charge on any atom is 0.192 e. The molecule has 0 radical (unpaired) electrons. The lowest BCUT2D eigenvalue weighted by molar-refractivity contribution is -0.205. The molecule has 2 aliphatic heterocycles. The van der Waals surface area contributed by atoms with Gasteiger partial charge >= 0.3 is 0 Å². The highest BCUT2D eigenvalue weighted by atomic mass is 28.4. The zero-order chi connectivity index (χ0) is 27.5. The lowest BCUT2D eigenvalue weighted by Crippen LogP contribution is -2.67. The molecule has 2 bridgehead atoms. The van der Waals surface area contributed by atoms with E-state index in [0.29, 0.717) is 13.0 Å². The SMILES string of the molecule is CC1(C)[C@H]2C(=O)[C@@]34O[C@H](C[C@]3(C)[C@@H](O[Si](C)(C)C(C)(C)C)CC[C@@H]4CO[Si](C)(C)C(C)(C)C)[C@]21C#N. The van der Waals surface area contributed by atoms with Crippen LogP contribution >= 0.6 is 0 Å². The molecule has 7 atom stereocenters. The van der Waals surface area contributed by atoms with Gasteiger partial charge in [-0.25, -0.2) is 0 Å². The van der Waals surface area contributed by atoms with E-state index in [2.05, 4.69) is 94.6 Å². The van der Waals surface area contributed by atoms with E-state index >= 15 is 0 Å². The molecule has 36 heavy (non-hydrogen) atoms. The monoisotopic (exact) mass is 533 g/mol. The van der Waals surface area contributed by atoms with Crippen molar-refractivity contribution >= 4 is 22.4 Å². The zero-order valence-electron chi connectivity index (χ0n) is 25.2. The highest BCUT2D eigenvalue weighted by Gasteiger charge is 2.89. The first-order chi connectivity index (χ1) is 16.1. The van der Waals surface area contributed by atoms with Crippen LogP contribution in [0.5, 0.6) is 0 Å². The molecule has 0 aromatic rings. The van der Waals surface area contributed by atoms with Crippen LogP contribution in [0.25, 0.3) is 0 Å². The minimum absolute atomic E-state index is 0.0125. The highest BCUT2D eigenvalue weighted by Crippen LogP contribution is 2.81. The van der Waals surface area contributed by atoms with Gasteiger partial charge in [0, 0.05) is 23.9 Å². The summed E-state index contributed by atoms with van der Waals surface area (Å²) in [5.74, 6) is -0.128. The first-order valence-corrected chi connectivity index (χ1v) is 19.8. The number of carbonyl (C=O) groups excluding carboxylic acids is 1. The minimum Gasteiger partial charge on any atom is -0.416 e. The Balaban J connectivity index is 1.77. The second-order valence-corrected chi connectivity index (χ2v) is 25.7. The van der Waals surface area contributed by atoms with E-state index in [9.17, 15) is 10.1 Å². The predicted molar refractivity (Wildman–Crippen MR) is 149 cm³/mol. The van der Waals surface area contributed by atoms with Gasteiger partial charge in [-0.2, -0.15) is 5.26 Å². The number of Topliss-reactive ketones (excluding diaryl/α,β-unsaturated/α-hetero) is 1. The minimum atomic E-state index is -2.08. The van der Waals surface area contributed by atoms with Gasteiger partial charge < -0.3 is 13.6 Å². The number of ketones is 1. The quantitative estimate of drug-likeness (QED) is 0.353. The Morgan fingerprint density at radius 1 is 1.00 bits per heavy atom. The van der Waals surface area contributed by atoms with Crippen molar-refractivity contribution in [2.45, 2.75) is 136 Å². The summed E-state index contributed by atoms with van der Waals surface area (Å²) in [6.45, 7) is 29.7. The fraction of sp³-hybridized carbons (Fsp3) is 0.931. The Kier molecular flexibility index (Phi) is 6.15. The Hall–Kier alpha value is -0.526. The van der Waals surface area contributed by atoms with Crippen molar-refractivity contribution in [2.24, 2.45) is 28.1 Å². The number of hydrogen-bond acceptors (Lipinski definition) is 5. The van der Waals surface area contributed by atoms with Crippen LogP contribution < -0.4 is 0 Å². The third-order valence-electron chi connectivity index (χ3n) is 12.0. The summed E-state index contributed by atoms with van der Waals surface area (Å²) in [6.07, 6.45) is 2.20. The molecule has 204 valence electrons. The number of hydrogen-bond donors (Lipinski definition) is 0.